The SMILES string of the molecule is C=C([O-])C(F)(F)F.C=C([O-])C(F)(F)F.C=C([O-])C(F)(F)F.O=CC(F)(F)F.O=CC(F)(F)F.O=CC(F)(F)F.[Fe+3]. The summed E-state index contributed by atoms with van der Waals surface area (Å²) in [6.07, 6.45) is -31.4. The molecule has 239 valence electrons. The van der Waals surface area contributed by atoms with Gasteiger partial charge in [0.25, 0.3) is 0 Å². The fourth-order valence-corrected chi connectivity index (χ4v) is 0. The summed E-state index contributed by atoms with van der Waals surface area (Å²) in [5.41, 5.74) is 0. The van der Waals surface area contributed by atoms with E-state index in [2.05, 4.69) is 19.7 Å². The first kappa shape index (κ1) is 53.2. The van der Waals surface area contributed by atoms with E-state index in [1.165, 1.54) is 0 Å². The first-order chi connectivity index (χ1) is 16.5. The van der Waals surface area contributed by atoms with Crippen molar-refractivity contribution in [2.24, 2.45) is 0 Å². The van der Waals surface area contributed by atoms with E-state index in [0.717, 1.165) is 0 Å². The second-order valence-electron chi connectivity index (χ2n) is 4.74. The predicted molar refractivity (Wildman–Crippen MR) is 81.9 cm³/mol. The molecule has 0 bridgehead atoms. The number of carbonyl (C=O) groups excluding carboxylic acids is 3. The van der Waals surface area contributed by atoms with Crippen LogP contribution in [0.25, 0.3) is 0 Å². The Balaban J connectivity index is -0.0000000651. The number of hydrogen-bond donors (Lipinski definition) is 0. The number of halogens is 18. The maximum atomic E-state index is 10.8. The van der Waals surface area contributed by atoms with Gasteiger partial charge in [0.05, 0.1) is 0 Å². The van der Waals surface area contributed by atoms with E-state index in [-0.39, 0.29) is 17.1 Å². The van der Waals surface area contributed by atoms with Crippen LogP contribution < -0.4 is 15.3 Å². The topological polar surface area (TPSA) is 120 Å². The number of carbonyl (C=O) groups is 3. The van der Waals surface area contributed by atoms with Crippen molar-refractivity contribution in [3.8, 4) is 0 Å². The molecule has 0 rings (SSSR count). The standard InChI is InChI=1S/3C3H3F3O.3C2HF3O.Fe/c3*1-2(7)3(4,5)6;3*3-2(4,5)1-6;/h3*7H,1H2;3*1H;/q;;;;;;+3/p-3. The minimum Gasteiger partial charge on any atom is -0.870 e. The molecule has 0 fully saturated rings. The van der Waals surface area contributed by atoms with E-state index in [4.69, 9.17) is 14.4 Å². The molecule has 6 nitrogen and oxygen atoms in total. The molecule has 0 aromatic rings. The van der Waals surface area contributed by atoms with Gasteiger partial charge in [-0.05, 0) is 17.3 Å². The van der Waals surface area contributed by atoms with Gasteiger partial charge >= 0.3 is 54.1 Å². The van der Waals surface area contributed by atoms with Crippen LogP contribution in [0.1, 0.15) is 0 Å². The second kappa shape index (κ2) is 21.7. The summed E-state index contributed by atoms with van der Waals surface area (Å²) in [4.78, 5) is 26.1. The van der Waals surface area contributed by atoms with Gasteiger partial charge in [-0.2, -0.15) is 79.0 Å². The first-order valence-corrected chi connectivity index (χ1v) is 7.40. The third-order valence-corrected chi connectivity index (χ3v) is 1.35. The summed E-state index contributed by atoms with van der Waals surface area (Å²) < 4.78 is 191. The molecule has 0 saturated carbocycles. The molecule has 0 heterocycles. The minimum atomic E-state index is -4.75. The van der Waals surface area contributed by atoms with Crippen LogP contribution in [-0.2, 0) is 31.5 Å². The Morgan fingerprint density at radius 3 is 0.450 bits per heavy atom. The molecular formula is C15H9F18FeO6. The van der Waals surface area contributed by atoms with Gasteiger partial charge in [0.2, 0.25) is 18.9 Å². The Hall–Kier alpha value is -3.11. The van der Waals surface area contributed by atoms with Gasteiger partial charge in [-0.3, -0.25) is 14.4 Å². The van der Waals surface area contributed by atoms with Crippen LogP contribution >= 0.6 is 0 Å². The number of rotatable bonds is 0. The van der Waals surface area contributed by atoms with Crippen molar-refractivity contribution in [1.82, 2.24) is 0 Å². The van der Waals surface area contributed by atoms with E-state index >= 15 is 0 Å². The van der Waals surface area contributed by atoms with Crippen LogP contribution in [0.2, 0.25) is 0 Å². The molecule has 0 N–H and O–H groups in total. The van der Waals surface area contributed by atoms with Crippen LogP contribution in [0, 0.1) is 0 Å². The van der Waals surface area contributed by atoms with Gasteiger partial charge in [0, 0.05) is 0 Å². The molecule has 0 amide bonds. The maximum absolute atomic E-state index is 10.8. The number of hydrogen-bond acceptors (Lipinski definition) is 6. The van der Waals surface area contributed by atoms with Crippen molar-refractivity contribution in [2.45, 2.75) is 37.1 Å². The molecule has 0 aromatic heterocycles. The number of aldehydes is 3. The molecular weight excluding hydrogens is 674 g/mol. The summed E-state index contributed by atoms with van der Waals surface area (Å²) in [6, 6.07) is 0. The Labute approximate surface area is 219 Å². The molecule has 0 saturated heterocycles. The molecule has 40 heavy (non-hydrogen) atoms. The third-order valence-electron chi connectivity index (χ3n) is 1.35. The van der Waals surface area contributed by atoms with E-state index in [1.807, 2.05) is 0 Å². The van der Waals surface area contributed by atoms with Gasteiger partial charge in [0.1, 0.15) is 0 Å². The molecule has 0 aliphatic carbocycles. The molecule has 1 radical (unpaired) electrons. The average molecular weight is 683 g/mol. The average Bonchev–Trinajstić information content (AvgIpc) is 2.66. The Morgan fingerprint density at radius 1 is 0.400 bits per heavy atom. The van der Waals surface area contributed by atoms with Crippen molar-refractivity contribution in [3.05, 3.63) is 37.0 Å². The van der Waals surface area contributed by atoms with E-state index < -0.39 is 73.2 Å². The zero-order valence-electron chi connectivity index (χ0n) is 18.0. The molecule has 25 heteroatoms. The second-order valence-corrected chi connectivity index (χ2v) is 4.74. The fourth-order valence-electron chi connectivity index (χ4n) is 0. The van der Waals surface area contributed by atoms with E-state index in [0.29, 0.717) is 0 Å². The summed E-state index contributed by atoms with van der Waals surface area (Å²) >= 11 is 0. The van der Waals surface area contributed by atoms with Gasteiger partial charge in [-0.1, -0.05) is 0 Å². The maximum Gasteiger partial charge on any atom is 3.00 e. The predicted octanol–water partition coefficient (Wildman–Crippen LogP) is 3.51. The van der Waals surface area contributed by atoms with Crippen molar-refractivity contribution in [3.63, 3.8) is 0 Å². The molecule has 0 aromatic carbocycles. The molecule has 0 atom stereocenters. The van der Waals surface area contributed by atoms with Crippen molar-refractivity contribution >= 4 is 18.9 Å². The Kier molecular flexibility index (Phi) is 28.8. The van der Waals surface area contributed by atoms with Crippen LogP contribution in [0.3, 0.4) is 0 Å². The Bertz CT molecular complexity index is 642. The molecule has 0 unspecified atom stereocenters. The monoisotopic (exact) mass is 683 g/mol. The smallest absolute Gasteiger partial charge is 0.870 e. The van der Waals surface area contributed by atoms with Gasteiger partial charge in [-0.25, -0.2) is 0 Å². The molecule has 0 aliphatic rings. The zero-order chi connectivity index (χ0) is 33.9. The van der Waals surface area contributed by atoms with Crippen LogP contribution in [0.15, 0.2) is 37.0 Å². The summed E-state index contributed by atoms with van der Waals surface area (Å²) in [7, 11) is 0. The zero-order valence-corrected chi connectivity index (χ0v) is 19.1. The Morgan fingerprint density at radius 2 is 0.450 bits per heavy atom. The molecule has 0 aliphatic heterocycles. The van der Waals surface area contributed by atoms with E-state index in [9.17, 15) is 94.3 Å². The quantitative estimate of drug-likeness (QED) is 0.167. The summed E-state index contributed by atoms with van der Waals surface area (Å²) in [6.45, 7) is 6.44. The minimum absolute atomic E-state index is 0. The van der Waals surface area contributed by atoms with E-state index in [1.54, 1.807) is 0 Å². The van der Waals surface area contributed by atoms with Gasteiger partial charge in [-0.15, -0.1) is 19.7 Å². The summed E-state index contributed by atoms with van der Waals surface area (Å²) in [5, 5.41) is 27.7. The third kappa shape index (κ3) is 70.2. The largest absolute Gasteiger partial charge is 3.00 e. The normalized spacial score (nSPS) is 10.9. The van der Waals surface area contributed by atoms with Crippen molar-refractivity contribution in [2.75, 3.05) is 0 Å². The van der Waals surface area contributed by atoms with Crippen LogP contribution in [0.5, 0.6) is 0 Å². The van der Waals surface area contributed by atoms with Crippen LogP contribution in [0.4, 0.5) is 79.0 Å². The molecule has 0 spiro atoms. The summed E-state index contributed by atoms with van der Waals surface area (Å²) in [5.74, 6) is -6.02. The van der Waals surface area contributed by atoms with Gasteiger partial charge < -0.3 is 15.3 Å². The number of allylic oxidation sites excluding steroid dienone is 3. The van der Waals surface area contributed by atoms with Gasteiger partial charge in [0.15, 0.2) is 0 Å². The fraction of sp³-hybridized carbons (Fsp3) is 0.400. The first-order valence-electron chi connectivity index (χ1n) is 7.40. The van der Waals surface area contributed by atoms with Crippen molar-refractivity contribution < 1.29 is 126 Å². The van der Waals surface area contributed by atoms with Crippen molar-refractivity contribution in [1.29, 1.82) is 0 Å². The van der Waals surface area contributed by atoms with Crippen LogP contribution in [-0.4, -0.2) is 55.9 Å². The number of alkyl halides is 18.